The number of aromatic amines is 1. The van der Waals surface area contributed by atoms with E-state index in [9.17, 15) is 18.9 Å². The van der Waals surface area contributed by atoms with E-state index < -0.39 is 11.3 Å². The number of nitrogens with zero attached hydrogens (tertiary/aromatic N) is 3. The van der Waals surface area contributed by atoms with Gasteiger partial charge in [-0.05, 0) is 25.9 Å². The molecule has 1 aliphatic rings. The van der Waals surface area contributed by atoms with Gasteiger partial charge in [0.15, 0.2) is 0 Å². The van der Waals surface area contributed by atoms with Gasteiger partial charge in [0.25, 0.3) is 6.43 Å². The van der Waals surface area contributed by atoms with E-state index in [2.05, 4.69) is 10.2 Å². The number of nitrogens with one attached hydrogen (secondary N) is 1. The Balaban J connectivity index is 0.000000171. The molecular weight excluding hydrogens is 234 g/mol. The normalized spacial score (nSPS) is 15.7. The van der Waals surface area contributed by atoms with Crippen molar-refractivity contribution >= 4 is 5.69 Å². The first-order valence-corrected chi connectivity index (χ1v) is 5.23. The molecule has 0 amide bonds. The smallest absolute Gasteiger partial charge is 0.298 e. The molecule has 6 nitrogen and oxygen atoms in total. The van der Waals surface area contributed by atoms with E-state index >= 15 is 0 Å². The molecule has 0 saturated carbocycles. The number of hydrogen-bond acceptors (Lipinski definition) is 4. The van der Waals surface area contributed by atoms with E-state index in [4.69, 9.17) is 0 Å². The lowest BCUT2D eigenvalue weighted by atomic mass is 10.4. The van der Waals surface area contributed by atoms with Gasteiger partial charge >= 0.3 is 5.69 Å². The lowest BCUT2D eigenvalue weighted by Crippen LogP contribution is -2.25. The average molecular weight is 248 g/mol. The maximum absolute atomic E-state index is 11.6. The third kappa shape index (κ3) is 5.34. The third-order valence-electron chi connectivity index (χ3n) is 2.29. The zero-order valence-corrected chi connectivity index (χ0v) is 9.18. The molecule has 1 N–H and O–H groups in total. The quantitative estimate of drug-likeness (QED) is 0.652. The Labute approximate surface area is 96.8 Å². The van der Waals surface area contributed by atoms with Crippen molar-refractivity contribution in [2.75, 3.05) is 19.6 Å². The van der Waals surface area contributed by atoms with Gasteiger partial charge in [-0.2, -0.15) is 5.10 Å². The average Bonchev–Trinajstić information content (AvgIpc) is 2.87. The molecule has 0 aliphatic carbocycles. The van der Waals surface area contributed by atoms with Crippen molar-refractivity contribution in [3.8, 4) is 0 Å². The molecule has 0 atom stereocenters. The topological polar surface area (TPSA) is 75.1 Å². The SMILES string of the molecule is FC(F)CN1CCCC1.O=[N+]([O-])c1cn[nH]c1. The van der Waals surface area contributed by atoms with Gasteiger partial charge in [0.05, 0.1) is 17.7 Å². The summed E-state index contributed by atoms with van der Waals surface area (Å²) in [5.41, 5.74) is -0.00926. The Morgan fingerprint density at radius 2 is 2.18 bits per heavy atom. The molecule has 17 heavy (non-hydrogen) atoms. The predicted molar refractivity (Wildman–Crippen MR) is 56.9 cm³/mol. The molecule has 1 aromatic rings. The molecule has 0 bridgehead atoms. The van der Waals surface area contributed by atoms with Gasteiger partial charge in [0, 0.05) is 0 Å². The second kappa shape index (κ2) is 6.89. The molecular formula is C9H14F2N4O2. The van der Waals surface area contributed by atoms with Crippen molar-refractivity contribution in [3.63, 3.8) is 0 Å². The number of H-pyrrole nitrogens is 1. The molecule has 0 unspecified atom stereocenters. The van der Waals surface area contributed by atoms with Gasteiger partial charge in [0.2, 0.25) is 0 Å². The second-order valence-electron chi connectivity index (χ2n) is 3.61. The zero-order valence-electron chi connectivity index (χ0n) is 9.18. The fourth-order valence-electron chi connectivity index (χ4n) is 1.50. The Bertz CT molecular complexity index is 326. The summed E-state index contributed by atoms with van der Waals surface area (Å²) in [5, 5.41) is 15.5. The van der Waals surface area contributed by atoms with Crippen LogP contribution < -0.4 is 0 Å². The summed E-state index contributed by atoms with van der Waals surface area (Å²) in [6.07, 6.45) is 2.41. The molecule has 2 rings (SSSR count). The Kier molecular flexibility index (Phi) is 5.47. The van der Waals surface area contributed by atoms with Crippen LogP contribution >= 0.6 is 0 Å². The van der Waals surface area contributed by atoms with E-state index in [0.29, 0.717) is 0 Å². The third-order valence-corrected chi connectivity index (χ3v) is 2.29. The summed E-state index contributed by atoms with van der Waals surface area (Å²) < 4.78 is 23.3. The van der Waals surface area contributed by atoms with Crippen LogP contribution in [0.25, 0.3) is 0 Å². The summed E-state index contributed by atoms with van der Waals surface area (Å²) in [6.45, 7) is 1.70. The number of aromatic nitrogens is 2. The molecule has 0 radical (unpaired) electrons. The maximum atomic E-state index is 11.6. The van der Waals surface area contributed by atoms with Crippen molar-refractivity contribution in [2.24, 2.45) is 0 Å². The highest BCUT2D eigenvalue weighted by Crippen LogP contribution is 2.08. The first kappa shape index (κ1) is 13.5. The van der Waals surface area contributed by atoms with Crippen molar-refractivity contribution in [1.82, 2.24) is 15.1 Å². The standard InChI is InChI=1S/C6H11F2N.C3H3N3O2/c7-6(8)5-9-3-1-2-4-9;7-6(8)3-1-4-5-2-3/h6H,1-5H2;1-2H,(H,4,5). The molecule has 1 aromatic heterocycles. The van der Waals surface area contributed by atoms with Crippen LogP contribution in [0.1, 0.15) is 12.8 Å². The number of alkyl halides is 2. The molecule has 2 heterocycles. The predicted octanol–water partition coefficient (Wildman–Crippen LogP) is 1.67. The minimum absolute atomic E-state index is 0.00926. The molecule has 0 spiro atoms. The van der Waals surface area contributed by atoms with Crippen LogP contribution in [0.2, 0.25) is 0 Å². The highest BCUT2D eigenvalue weighted by atomic mass is 19.3. The molecule has 0 aromatic carbocycles. The summed E-state index contributed by atoms with van der Waals surface area (Å²) in [6, 6.07) is 0. The number of likely N-dealkylation sites (tertiary alicyclic amines) is 1. The van der Waals surface area contributed by atoms with Gasteiger partial charge < -0.3 is 0 Å². The van der Waals surface area contributed by atoms with Crippen molar-refractivity contribution in [1.29, 1.82) is 0 Å². The van der Waals surface area contributed by atoms with E-state index in [1.807, 2.05) is 4.90 Å². The van der Waals surface area contributed by atoms with E-state index in [1.54, 1.807) is 0 Å². The summed E-state index contributed by atoms with van der Waals surface area (Å²) in [4.78, 5) is 11.1. The lowest BCUT2D eigenvalue weighted by Gasteiger charge is -2.12. The monoisotopic (exact) mass is 248 g/mol. The Morgan fingerprint density at radius 3 is 2.53 bits per heavy atom. The summed E-state index contributed by atoms with van der Waals surface area (Å²) >= 11 is 0. The van der Waals surface area contributed by atoms with E-state index in [0.717, 1.165) is 32.1 Å². The lowest BCUT2D eigenvalue weighted by molar-refractivity contribution is -0.384. The van der Waals surface area contributed by atoms with Gasteiger partial charge in [-0.1, -0.05) is 0 Å². The van der Waals surface area contributed by atoms with Crippen molar-refractivity contribution in [3.05, 3.63) is 22.5 Å². The van der Waals surface area contributed by atoms with E-state index in [1.165, 1.54) is 6.20 Å². The first-order valence-electron chi connectivity index (χ1n) is 5.23. The van der Waals surface area contributed by atoms with Crippen LogP contribution in [0.4, 0.5) is 14.5 Å². The number of halogens is 2. The van der Waals surface area contributed by atoms with Crippen molar-refractivity contribution < 1.29 is 13.7 Å². The Hall–Kier alpha value is -1.57. The minimum Gasteiger partial charge on any atom is -0.298 e. The van der Waals surface area contributed by atoms with Gasteiger partial charge in [0.1, 0.15) is 6.20 Å². The van der Waals surface area contributed by atoms with Crippen molar-refractivity contribution in [2.45, 2.75) is 19.3 Å². The number of nitro groups is 1. The van der Waals surface area contributed by atoms with Crippen LogP contribution in [0.15, 0.2) is 12.4 Å². The minimum atomic E-state index is -2.15. The van der Waals surface area contributed by atoms with Crippen LogP contribution in [0.5, 0.6) is 0 Å². The summed E-state index contributed by atoms with van der Waals surface area (Å²) in [7, 11) is 0. The molecule has 1 fully saturated rings. The maximum Gasteiger partial charge on any atom is 0.306 e. The fraction of sp³-hybridized carbons (Fsp3) is 0.667. The molecule has 1 aliphatic heterocycles. The van der Waals surface area contributed by atoms with Crippen LogP contribution in [-0.2, 0) is 0 Å². The number of hydrogen-bond donors (Lipinski definition) is 1. The van der Waals surface area contributed by atoms with Gasteiger partial charge in [-0.25, -0.2) is 8.78 Å². The second-order valence-corrected chi connectivity index (χ2v) is 3.61. The summed E-state index contributed by atoms with van der Waals surface area (Å²) in [5.74, 6) is 0. The Morgan fingerprint density at radius 1 is 1.53 bits per heavy atom. The highest BCUT2D eigenvalue weighted by Gasteiger charge is 2.15. The zero-order chi connectivity index (χ0) is 12.7. The number of rotatable bonds is 3. The van der Waals surface area contributed by atoms with Gasteiger partial charge in [-0.3, -0.25) is 20.1 Å². The molecule has 1 saturated heterocycles. The highest BCUT2D eigenvalue weighted by molar-refractivity contribution is 5.19. The largest absolute Gasteiger partial charge is 0.306 e. The van der Waals surface area contributed by atoms with Gasteiger partial charge in [-0.15, -0.1) is 0 Å². The van der Waals surface area contributed by atoms with Crippen LogP contribution in [0, 0.1) is 10.1 Å². The van der Waals surface area contributed by atoms with E-state index in [-0.39, 0.29) is 12.2 Å². The van der Waals surface area contributed by atoms with Crippen LogP contribution in [0.3, 0.4) is 0 Å². The molecule has 96 valence electrons. The molecule has 8 heteroatoms. The first-order chi connectivity index (χ1) is 8.09. The fourth-order valence-corrected chi connectivity index (χ4v) is 1.50. The van der Waals surface area contributed by atoms with Crippen LogP contribution in [-0.4, -0.2) is 46.1 Å².